The van der Waals surface area contributed by atoms with Crippen molar-refractivity contribution in [3.8, 4) is 5.75 Å². The van der Waals surface area contributed by atoms with Crippen molar-refractivity contribution < 1.29 is 27.4 Å². The van der Waals surface area contributed by atoms with Crippen LogP contribution in [0.5, 0.6) is 5.75 Å². The fraction of sp³-hybridized carbons (Fsp3) is 0.190. The van der Waals surface area contributed by atoms with Gasteiger partial charge in [-0.2, -0.15) is 18.3 Å². The summed E-state index contributed by atoms with van der Waals surface area (Å²) in [5, 5.41) is 3.96. The van der Waals surface area contributed by atoms with Gasteiger partial charge in [0.1, 0.15) is 19.0 Å². The van der Waals surface area contributed by atoms with E-state index >= 15 is 0 Å². The van der Waals surface area contributed by atoms with Gasteiger partial charge in [0.05, 0.1) is 12.1 Å². The predicted molar refractivity (Wildman–Crippen MR) is 101 cm³/mol. The summed E-state index contributed by atoms with van der Waals surface area (Å²) in [5.41, 5.74) is -0.905. The number of alkyl halides is 3. The molecule has 0 bridgehead atoms. The number of esters is 1. The molecule has 9 heteroatoms. The highest BCUT2D eigenvalue weighted by Gasteiger charge is 2.29. The predicted octanol–water partition coefficient (Wildman–Crippen LogP) is 3.70. The molecule has 0 atom stereocenters. The zero-order valence-electron chi connectivity index (χ0n) is 15.6. The number of halogens is 3. The fourth-order valence-corrected chi connectivity index (χ4v) is 2.50. The minimum absolute atomic E-state index is 0.0961. The van der Waals surface area contributed by atoms with E-state index in [0.717, 1.165) is 16.8 Å². The smallest absolute Gasteiger partial charge is 0.416 e. The molecule has 6 nitrogen and oxygen atoms in total. The molecule has 156 valence electrons. The van der Waals surface area contributed by atoms with Gasteiger partial charge in [0, 0.05) is 6.07 Å². The van der Waals surface area contributed by atoms with Crippen molar-refractivity contribution in [3.63, 3.8) is 0 Å². The van der Waals surface area contributed by atoms with Crippen molar-refractivity contribution in [1.82, 2.24) is 9.78 Å². The first-order valence-electron chi connectivity index (χ1n) is 8.92. The lowest BCUT2D eigenvalue weighted by molar-refractivity contribution is -0.137. The van der Waals surface area contributed by atoms with Gasteiger partial charge >= 0.3 is 12.1 Å². The minimum atomic E-state index is -4.43. The third-order valence-electron chi connectivity index (χ3n) is 4.04. The number of aromatic nitrogens is 2. The van der Waals surface area contributed by atoms with Gasteiger partial charge in [0.2, 0.25) is 0 Å². The summed E-state index contributed by atoms with van der Waals surface area (Å²) in [6.07, 6.45) is -4.43. The summed E-state index contributed by atoms with van der Waals surface area (Å²) in [5.74, 6) is -0.162. The first-order valence-corrected chi connectivity index (χ1v) is 8.92. The van der Waals surface area contributed by atoms with Gasteiger partial charge in [0.25, 0.3) is 5.56 Å². The van der Waals surface area contributed by atoms with Crippen LogP contribution in [0.15, 0.2) is 71.5 Å². The molecular formula is C21H17F3N2O4. The minimum Gasteiger partial charge on any atom is -0.492 e. The molecule has 0 amide bonds. The quantitative estimate of drug-likeness (QED) is 0.548. The normalized spacial score (nSPS) is 11.2. The molecule has 0 saturated heterocycles. The maximum atomic E-state index is 12.6. The van der Waals surface area contributed by atoms with Crippen molar-refractivity contribution in [2.24, 2.45) is 0 Å². The van der Waals surface area contributed by atoms with E-state index < -0.39 is 23.3 Å². The Morgan fingerprint density at radius 1 is 0.967 bits per heavy atom. The van der Waals surface area contributed by atoms with E-state index in [0.29, 0.717) is 11.3 Å². The van der Waals surface area contributed by atoms with Crippen molar-refractivity contribution >= 4 is 5.97 Å². The van der Waals surface area contributed by atoms with Gasteiger partial charge in [-0.1, -0.05) is 30.3 Å². The number of para-hydroxylation sites is 1. The number of hydrogen-bond acceptors (Lipinski definition) is 5. The summed E-state index contributed by atoms with van der Waals surface area (Å²) < 4.78 is 49.4. The first-order chi connectivity index (χ1) is 14.3. The Hall–Kier alpha value is -3.62. The van der Waals surface area contributed by atoms with Crippen LogP contribution in [0.4, 0.5) is 13.2 Å². The molecule has 0 aliphatic rings. The van der Waals surface area contributed by atoms with Crippen molar-refractivity contribution in [3.05, 3.63) is 93.9 Å². The molecule has 0 N–H and O–H groups in total. The largest absolute Gasteiger partial charge is 0.492 e. The molecular weight excluding hydrogens is 401 g/mol. The summed E-state index contributed by atoms with van der Waals surface area (Å²) in [6, 6.07) is 15.7. The highest BCUT2D eigenvalue weighted by Crippen LogP contribution is 2.29. The fourth-order valence-electron chi connectivity index (χ4n) is 2.50. The Morgan fingerprint density at radius 3 is 2.33 bits per heavy atom. The first kappa shape index (κ1) is 21.1. The number of carbonyl (C=O) groups excluding carboxylic acids is 1. The molecule has 30 heavy (non-hydrogen) atoms. The number of hydrogen-bond donors (Lipinski definition) is 0. The van der Waals surface area contributed by atoms with Gasteiger partial charge in [-0.05, 0) is 35.9 Å². The lowest BCUT2D eigenvalue weighted by atomic mass is 10.1. The van der Waals surface area contributed by atoms with Gasteiger partial charge in [-0.15, -0.1) is 0 Å². The van der Waals surface area contributed by atoms with Gasteiger partial charge in [0.15, 0.2) is 5.69 Å². The van der Waals surface area contributed by atoms with Crippen LogP contribution in [-0.2, 0) is 24.1 Å². The molecule has 0 radical (unpaired) electrons. The van der Waals surface area contributed by atoms with Crippen molar-refractivity contribution in [2.75, 3.05) is 6.61 Å². The third-order valence-corrected chi connectivity index (χ3v) is 4.04. The summed E-state index contributed by atoms with van der Waals surface area (Å²) in [4.78, 5) is 24.1. The molecule has 3 rings (SSSR count). The number of benzene rings is 2. The zero-order valence-corrected chi connectivity index (χ0v) is 15.6. The van der Waals surface area contributed by atoms with Gasteiger partial charge in [-0.3, -0.25) is 4.79 Å². The molecule has 0 unspecified atom stereocenters. The van der Waals surface area contributed by atoms with E-state index in [4.69, 9.17) is 9.47 Å². The number of nitrogens with zero attached hydrogens (tertiary/aromatic N) is 2. The summed E-state index contributed by atoms with van der Waals surface area (Å²) in [7, 11) is 0. The Balaban J connectivity index is 1.58. The Labute approximate surface area is 169 Å². The van der Waals surface area contributed by atoms with Crippen LogP contribution in [-0.4, -0.2) is 22.4 Å². The standard InChI is InChI=1S/C21H17F3N2O4/c22-21(23,24)16-8-6-15(7-9-16)14-30-20(28)18-10-11-19(27)26(25-18)12-13-29-17-4-2-1-3-5-17/h1-11H,12-14H2. The second-order valence-electron chi connectivity index (χ2n) is 6.21. The number of carbonyl (C=O) groups is 1. The van der Waals surface area contributed by atoms with Crippen LogP contribution >= 0.6 is 0 Å². The van der Waals surface area contributed by atoms with Crippen LogP contribution in [0.2, 0.25) is 0 Å². The van der Waals surface area contributed by atoms with Crippen LogP contribution in [0.25, 0.3) is 0 Å². The Bertz CT molecular complexity index is 1050. The van der Waals surface area contributed by atoms with Crippen LogP contribution < -0.4 is 10.3 Å². The van der Waals surface area contributed by atoms with Crippen LogP contribution in [0.1, 0.15) is 21.6 Å². The summed E-state index contributed by atoms with van der Waals surface area (Å²) in [6.45, 7) is 0.0591. The van der Waals surface area contributed by atoms with Gasteiger partial charge in [-0.25, -0.2) is 9.48 Å². The average molecular weight is 418 g/mol. The molecule has 0 aliphatic carbocycles. The highest BCUT2D eigenvalue weighted by molar-refractivity contribution is 5.86. The molecule has 1 heterocycles. The Morgan fingerprint density at radius 2 is 1.67 bits per heavy atom. The van der Waals surface area contributed by atoms with E-state index in [1.165, 1.54) is 24.3 Å². The lowest BCUT2D eigenvalue weighted by Crippen LogP contribution is -2.27. The monoisotopic (exact) mass is 418 g/mol. The number of ether oxygens (including phenoxy) is 2. The highest BCUT2D eigenvalue weighted by atomic mass is 19.4. The molecule has 0 saturated carbocycles. The van der Waals surface area contributed by atoms with Gasteiger partial charge < -0.3 is 9.47 Å². The maximum Gasteiger partial charge on any atom is 0.416 e. The van der Waals surface area contributed by atoms with E-state index in [1.807, 2.05) is 18.2 Å². The molecule has 3 aromatic rings. The van der Waals surface area contributed by atoms with Crippen molar-refractivity contribution in [1.29, 1.82) is 0 Å². The zero-order chi connectivity index (χ0) is 21.6. The molecule has 0 aliphatic heterocycles. The Kier molecular flexibility index (Phi) is 6.51. The molecule has 2 aromatic carbocycles. The topological polar surface area (TPSA) is 70.4 Å². The van der Waals surface area contributed by atoms with Crippen molar-refractivity contribution in [2.45, 2.75) is 19.3 Å². The average Bonchev–Trinajstić information content (AvgIpc) is 2.74. The van der Waals surface area contributed by atoms with E-state index in [1.54, 1.807) is 12.1 Å². The second kappa shape index (κ2) is 9.25. The second-order valence-corrected chi connectivity index (χ2v) is 6.21. The number of rotatable bonds is 7. The molecule has 0 fully saturated rings. The third kappa shape index (κ3) is 5.69. The van der Waals surface area contributed by atoms with E-state index in [-0.39, 0.29) is 25.5 Å². The maximum absolute atomic E-state index is 12.6. The van der Waals surface area contributed by atoms with E-state index in [9.17, 15) is 22.8 Å². The SMILES string of the molecule is O=C(OCc1ccc(C(F)(F)F)cc1)c1ccc(=O)n(CCOc2ccccc2)n1. The summed E-state index contributed by atoms with van der Waals surface area (Å²) >= 11 is 0. The molecule has 1 aromatic heterocycles. The van der Waals surface area contributed by atoms with Crippen LogP contribution in [0.3, 0.4) is 0 Å². The van der Waals surface area contributed by atoms with Crippen LogP contribution in [0, 0.1) is 0 Å². The van der Waals surface area contributed by atoms with E-state index in [2.05, 4.69) is 5.10 Å². The lowest BCUT2D eigenvalue weighted by Gasteiger charge is -2.10. The molecule has 0 spiro atoms.